The monoisotopic (exact) mass is 283 g/mol. The second kappa shape index (κ2) is 5.46. The average molecular weight is 283 g/mol. The molecule has 0 aromatic carbocycles. The van der Waals surface area contributed by atoms with Gasteiger partial charge < -0.3 is 5.73 Å². The van der Waals surface area contributed by atoms with Crippen LogP contribution in [0, 0.1) is 5.92 Å². The highest BCUT2D eigenvalue weighted by Crippen LogP contribution is 2.29. The molecule has 0 aliphatic heterocycles. The van der Waals surface area contributed by atoms with Crippen molar-refractivity contribution in [1.82, 2.24) is 9.29 Å². The van der Waals surface area contributed by atoms with Gasteiger partial charge in [0.1, 0.15) is 5.82 Å². The molecule has 0 amide bonds. The van der Waals surface area contributed by atoms with Crippen LogP contribution in [0.2, 0.25) is 0 Å². The molecule has 5 nitrogen and oxygen atoms in total. The fourth-order valence-corrected chi connectivity index (χ4v) is 4.00. The summed E-state index contributed by atoms with van der Waals surface area (Å²) in [4.78, 5) is 4.05. The van der Waals surface area contributed by atoms with Crippen molar-refractivity contribution >= 4 is 15.8 Å². The molecule has 1 heterocycles. The van der Waals surface area contributed by atoms with Crippen molar-refractivity contribution in [3.8, 4) is 0 Å². The number of hydrogen-bond acceptors (Lipinski definition) is 4. The van der Waals surface area contributed by atoms with E-state index in [1.54, 1.807) is 7.05 Å². The van der Waals surface area contributed by atoms with Crippen LogP contribution in [0.4, 0.5) is 5.82 Å². The van der Waals surface area contributed by atoms with Gasteiger partial charge in [-0.3, -0.25) is 0 Å². The largest absolute Gasteiger partial charge is 0.384 e. The maximum absolute atomic E-state index is 12.5. The number of sulfonamides is 1. The van der Waals surface area contributed by atoms with Crippen LogP contribution in [0.15, 0.2) is 23.2 Å². The quantitative estimate of drug-likeness (QED) is 0.918. The van der Waals surface area contributed by atoms with E-state index in [0.717, 1.165) is 25.7 Å². The Morgan fingerprint density at radius 2 is 1.95 bits per heavy atom. The number of hydrogen-bond donors (Lipinski definition) is 1. The smallest absolute Gasteiger partial charge is 0.243 e. The van der Waals surface area contributed by atoms with Crippen LogP contribution in [0.3, 0.4) is 0 Å². The van der Waals surface area contributed by atoms with Crippen molar-refractivity contribution < 1.29 is 8.42 Å². The number of pyridine rings is 1. The lowest BCUT2D eigenvalue weighted by molar-refractivity contribution is 0.246. The number of nitrogens with zero attached hydrogens (tertiary/aromatic N) is 2. The highest BCUT2D eigenvalue weighted by Gasteiger charge is 2.30. The van der Waals surface area contributed by atoms with Crippen LogP contribution < -0.4 is 5.73 Å². The molecule has 106 valence electrons. The summed E-state index contributed by atoms with van der Waals surface area (Å²) < 4.78 is 26.5. The van der Waals surface area contributed by atoms with E-state index in [1.807, 2.05) is 0 Å². The molecular weight excluding hydrogens is 262 g/mol. The van der Waals surface area contributed by atoms with Gasteiger partial charge in [0.2, 0.25) is 10.0 Å². The molecule has 19 heavy (non-hydrogen) atoms. The van der Waals surface area contributed by atoms with Gasteiger partial charge in [-0.1, -0.05) is 6.92 Å². The molecule has 6 heteroatoms. The normalized spacial score (nSPS) is 24.6. The molecule has 1 aromatic rings. The van der Waals surface area contributed by atoms with Gasteiger partial charge in [-0.25, -0.2) is 13.4 Å². The minimum absolute atomic E-state index is 0.0931. The molecule has 1 aliphatic carbocycles. The molecule has 0 radical (unpaired) electrons. The topological polar surface area (TPSA) is 76.3 Å². The molecule has 1 aliphatic rings. The van der Waals surface area contributed by atoms with Crippen molar-refractivity contribution in [3.05, 3.63) is 18.3 Å². The van der Waals surface area contributed by atoms with Gasteiger partial charge >= 0.3 is 0 Å². The number of nitrogen functional groups attached to an aromatic ring is 1. The maximum Gasteiger partial charge on any atom is 0.243 e. The third-order valence-corrected chi connectivity index (χ3v) is 5.84. The van der Waals surface area contributed by atoms with Gasteiger partial charge in [-0.05, 0) is 37.7 Å². The number of anilines is 1. The first-order valence-electron chi connectivity index (χ1n) is 6.61. The average Bonchev–Trinajstić information content (AvgIpc) is 2.39. The summed E-state index contributed by atoms with van der Waals surface area (Å²) in [6.45, 7) is 2.22. The Balaban J connectivity index is 2.20. The zero-order valence-electron chi connectivity index (χ0n) is 11.4. The lowest BCUT2D eigenvalue weighted by Gasteiger charge is -2.32. The molecule has 2 rings (SSSR count). The Kier molecular flexibility index (Phi) is 4.10. The second-order valence-corrected chi connectivity index (χ2v) is 7.35. The third kappa shape index (κ3) is 3.06. The van der Waals surface area contributed by atoms with E-state index in [9.17, 15) is 8.42 Å². The van der Waals surface area contributed by atoms with E-state index in [-0.39, 0.29) is 16.8 Å². The molecule has 0 unspecified atom stereocenters. The summed E-state index contributed by atoms with van der Waals surface area (Å²) >= 11 is 0. The van der Waals surface area contributed by atoms with E-state index >= 15 is 0 Å². The fourth-order valence-electron chi connectivity index (χ4n) is 2.56. The van der Waals surface area contributed by atoms with Crippen molar-refractivity contribution in [2.45, 2.75) is 43.5 Å². The SMILES string of the molecule is CC1CCC(N(C)S(=O)(=O)c2ccnc(N)c2)CC1. The molecule has 0 spiro atoms. The van der Waals surface area contributed by atoms with E-state index in [4.69, 9.17) is 5.73 Å². The minimum atomic E-state index is -3.47. The molecule has 0 bridgehead atoms. The van der Waals surface area contributed by atoms with E-state index < -0.39 is 10.0 Å². The van der Waals surface area contributed by atoms with Gasteiger partial charge in [-0.2, -0.15) is 4.31 Å². The van der Waals surface area contributed by atoms with E-state index in [0.29, 0.717) is 5.92 Å². The van der Waals surface area contributed by atoms with E-state index in [1.165, 1.54) is 22.6 Å². The third-order valence-electron chi connectivity index (χ3n) is 3.93. The summed E-state index contributed by atoms with van der Waals surface area (Å²) in [5.41, 5.74) is 5.56. The first-order chi connectivity index (χ1) is 8.91. The summed E-state index contributed by atoms with van der Waals surface area (Å²) in [5, 5.41) is 0. The Morgan fingerprint density at radius 3 is 2.53 bits per heavy atom. The van der Waals surface area contributed by atoms with Gasteiger partial charge in [0.25, 0.3) is 0 Å². The van der Waals surface area contributed by atoms with Crippen molar-refractivity contribution in [2.24, 2.45) is 5.92 Å². The molecule has 1 saturated carbocycles. The van der Waals surface area contributed by atoms with Crippen molar-refractivity contribution in [1.29, 1.82) is 0 Å². The summed E-state index contributed by atoms with van der Waals surface area (Å²) in [5.74, 6) is 0.927. The lowest BCUT2D eigenvalue weighted by Crippen LogP contribution is -2.39. The summed E-state index contributed by atoms with van der Waals surface area (Å²) in [7, 11) is -1.81. The first-order valence-corrected chi connectivity index (χ1v) is 8.05. The standard InChI is InChI=1S/C13H21N3O2S/c1-10-3-5-11(6-4-10)16(2)19(17,18)12-7-8-15-13(14)9-12/h7-11H,3-6H2,1-2H3,(H2,14,15). The summed E-state index contributed by atoms with van der Waals surface area (Å²) in [6.07, 6.45) is 5.46. The Morgan fingerprint density at radius 1 is 1.32 bits per heavy atom. The maximum atomic E-state index is 12.5. The number of rotatable bonds is 3. The van der Waals surface area contributed by atoms with Gasteiger partial charge in [0.05, 0.1) is 4.90 Å². The predicted molar refractivity (Wildman–Crippen MR) is 75.0 cm³/mol. The van der Waals surface area contributed by atoms with E-state index in [2.05, 4.69) is 11.9 Å². The van der Waals surface area contributed by atoms with Crippen molar-refractivity contribution in [2.75, 3.05) is 12.8 Å². The predicted octanol–water partition coefficient (Wildman–Crippen LogP) is 1.86. The van der Waals surface area contributed by atoms with Crippen LogP contribution in [0.25, 0.3) is 0 Å². The number of nitrogens with two attached hydrogens (primary N) is 1. The highest BCUT2D eigenvalue weighted by atomic mass is 32.2. The van der Waals surface area contributed by atoms with Gasteiger partial charge in [0, 0.05) is 25.4 Å². The molecule has 1 fully saturated rings. The molecule has 2 N–H and O–H groups in total. The van der Waals surface area contributed by atoms with Crippen LogP contribution in [0.5, 0.6) is 0 Å². The number of aromatic nitrogens is 1. The minimum Gasteiger partial charge on any atom is -0.384 e. The molecular formula is C13H21N3O2S. The molecule has 0 saturated heterocycles. The Bertz CT molecular complexity index is 537. The summed E-state index contributed by atoms with van der Waals surface area (Å²) in [6, 6.07) is 3.00. The van der Waals surface area contributed by atoms with Crippen LogP contribution in [-0.4, -0.2) is 30.8 Å². The lowest BCUT2D eigenvalue weighted by atomic mass is 9.87. The zero-order chi connectivity index (χ0) is 14.0. The van der Waals surface area contributed by atoms with Crippen LogP contribution in [0.1, 0.15) is 32.6 Å². The fraction of sp³-hybridized carbons (Fsp3) is 0.615. The van der Waals surface area contributed by atoms with Gasteiger partial charge in [-0.15, -0.1) is 0 Å². The van der Waals surface area contributed by atoms with Crippen LogP contribution in [-0.2, 0) is 10.0 Å². The molecule has 1 aromatic heterocycles. The second-order valence-electron chi connectivity index (χ2n) is 5.35. The zero-order valence-corrected chi connectivity index (χ0v) is 12.2. The van der Waals surface area contributed by atoms with Crippen LogP contribution >= 0.6 is 0 Å². The highest BCUT2D eigenvalue weighted by molar-refractivity contribution is 7.89. The molecule has 0 atom stereocenters. The van der Waals surface area contributed by atoms with Gasteiger partial charge in [0.15, 0.2) is 0 Å². The van der Waals surface area contributed by atoms with Crippen molar-refractivity contribution in [3.63, 3.8) is 0 Å². The Hall–Kier alpha value is -1.14. The Labute approximate surface area is 114 Å². The first kappa shape index (κ1) is 14.3.